The summed E-state index contributed by atoms with van der Waals surface area (Å²) in [5.41, 5.74) is 1.59. The average Bonchev–Trinajstić information content (AvgIpc) is 3.11. The standard InChI is InChI=1S/C16H14FN3O2S/c1-20-4-2-12-13(8-20)23-16(18-12)19-15(21)11-7-10(17)6-9-3-5-22-14(9)11/h3,5-7H,2,4,8H2,1H3,(H,18,19,21). The third-order valence-electron chi connectivity index (χ3n) is 3.90. The lowest BCUT2D eigenvalue weighted by Crippen LogP contribution is -2.25. The molecule has 23 heavy (non-hydrogen) atoms. The molecule has 1 aromatic carbocycles. The van der Waals surface area contributed by atoms with Crippen molar-refractivity contribution in [1.82, 2.24) is 9.88 Å². The van der Waals surface area contributed by atoms with E-state index >= 15 is 0 Å². The summed E-state index contributed by atoms with van der Waals surface area (Å²) in [4.78, 5) is 20.3. The van der Waals surface area contributed by atoms with Gasteiger partial charge < -0.3 is 9.32 Å². The number of aromatic nitrogens is 1. The number of likely N-dealkylation sites (N-methyl/N-ethyl adjacent to an activating group) is 1. The molecule has 1 aliphatic heterocycles. The highest BCUT2D eigenvalue weighted by atomic mass is 32.1. The minimum absolute atomic E-state index is 0.176. The Balaban J connectivity index is 1.64. The fraction of sp³-hybridized carbons (Fsp3) is 0.250. The van der Waals surface area contributed by atoms with Gasteiger partial charge in [-0.2, -0.15) is 0 Å². The summed E-state index contributed by atoms with van der Waals surface area (Å²) >= 11 is 1.46. The second-order valence-electron chi connectivity index (χ2n) is 5.62. The van der Waals surface area contributed by atoms with Crippen LogP contribution in [0.1, 0.15) is 20.9 Å². The molecule has 0 saturated carbocycles. The summed E-state index contributed by atoms with van der Waals surface area (Å²) in [6, 6.07) is 4.16. The van der Waals surface area contributed by atoms with Crippen LogP contribution in [0.25, 0.3) is 11.0 Å². The number of hydrogen-bond donors (Lipinski definition) is 1. The predicted molar refractivity (Wildman–Crippen MR) is 86.3 cm³/mol. The maximum atomic E-state index is 13.7. The molecule has 0 saturated heterocycles. The van der Waals surface area contributed by atoms with E-state index in [-0.39, 0.29) is 5.56 Å². The van der Waals surface area contributed by atoms with E-state index in [0.29, 0.717) is 16.1 Å². The molecule has 118 valence electrons. The third-order valence-corrected chi connectivity index (χ3v) is 4.90. The Hall–Kier alpha value is -2.25. The van der Waals surface area contributed by atoms with Crippen LogP contribution >= 0.6 is 11.3 Å². The molecule has 1 aliphatic rings. The molecule has 0 atom stereocenters. The molecule has 3 heterocycles. The van der Waals surface area contributed by atoms with Crippen LogP contribution in [0.2, 0.25) is 0 Å². The monoisotopic (exact) mass is 331 g/mol. The minimum Gasteiger partial charge on any atom is -0.464 e. The largest absolute Gasteiger partial charge is 0.464 e. The molecule has 0 bridgehead atoms. The van der Waals surface area contributed by atoms with Gasteiger partial charge in [0.1, 0.15) is 11.4 Å². The van der Waals surface area contributed by atoms with Gasteiger partial charge in [-0.15, -0.1) is 11.3 Å². The zero-order valence-corrected chi connectivity index (χ0v) is 13.2. The van der Waals surface area contributed by atoms with Crippen molar-refractivity contribution in [2.75, 3.05) is 18.9 Å². The van der Waals surface area contributed by atoms with Crippen LogP contribution in [0, 0.1) is 5.82 Å². The number of halogens is 1. The van der Waals surface area contributed by atoms with E-state index in [2.05, 4.69) is 22.2 Å². The first-order valence-electron chi connectivity index (χ1n) is 7.25. The number of anilines is 1. The van der Waals surface area contributed by atoms with Crippen LogP contribution in [0.3, 0.4) is 0 Å². The van der Waals surface area contributed by atoms with E-state index in [1.54, 1.807) is 6.07 Å². The van der Waals surface area contributed by atoms with Crippen molar-refractivity contribution in [3.63, 3.8) is 0 Å². The van der Waals surface area contributed by atoms with Gasteiger partial charge in [0.15, 0.2) is 5.13 Å². The molecule has 1 amide bonds. The van der Waals surface area contributed by atoms with Gasteiger partial charge in [-0.25, -0.2) is 9.37 Å². The zero-order valence-electron chi connectivity index (χ0n) is 12.4. The number of rotatable bonds is 2. The quantitative estimate of drug-likeness (QED) is 0.783. The number of nitrogens with zero attached hydrogens (tertiary/aromatic N) is 2. The van der Waals surface area contributed by atoms with Crippen molar-refractivity contribution in [2.24, 2.45) is 0 Å². The molecule has 7 heteroatoms. The lowest BCUT2D eigenvalue weighted by molar-refractivity contribution is 0.102. The molecule has 3 aromatic rings. The Morgan fingerprint density at radius 1 is 1.48 bits per heavy atom. The van der Waals surface area contributed by atoms with E-state index < -0.39 is 11.7 Å². The Morgan fingerprint density at radius 3 is 3.22 bits per heavy atom. The van der Waals surface area contributed by atoms with Gasteiger partial charge in [0.05, 0.1) is 17.5 Å². The van der Waals surface area contributed by atoms with Crippen LogP contribution < -0.4 is 5.32 Å². The maximum Gasteiger partial charge on any atom is 0.261 e. The molecule has 0 radical (unpaired) electrons. The summed E-state index contributed by atoms with van der Waals surface area (Å²) < 4.78 is 19.0. The Morgan fingerprint density at radius 2 is 2.35 bits per heavy atom. The van der Waals surface area contributed by atoms with Crippen molar-refractivity contribution in [2.45, 2.75) is 13.0 Å². The lowest BCUT2D eigenvalue weighted by atomic mass is 10.1. The van der Waals surface area contributed by atoms with Crippen molar-refractivity contribution >= 4 is 33.3 Å². The number of carbonyl (C=O) groups excluding carboxylic acids is 1. The van der Waals surface area contributed by atoms with Gasteiger partial charge in [0.25, 0.3) is 5.91 Å². The number of furan rings is 1. The van der Waals surface area contributed by atoms with E-state index in [0.717, 1.165) is 30.1 Å². The fourth-order valence-corrected chi connectivity index (χ4v) is 3.84. The van der Waals surface area contributed by atoms with Crippen LogP contribution in [-0.4, -0.2) is 29.4 Å². The molecule has 2 aromatic heterocycles. The SMILES string of the molecule is CN1CCc2nc(NC(=O)c3cc(F)cc4ccoc34)sc2C1. The van der Waals surface area contributed by atoms with Gasteiger partial charge in [0.2, 0.25) is 0 Å². The Kier molecular flexibility index (Phi) is 3.39. The second kappa shape index (κ2) is 5.43. The molecule has 0 unspecified atom stereocenters. The number of nitrogens with one attached hydrogen (secondary N) is 1. The predicted octanol–water partition coefficient (Wildman–Crippen LogP) is 3.27. The van der Waals surface area contributed by atoms with Crippen LogP contribution in [-0.2, 0) is 13.0 Å². The zero-order chi connectivity index (χ0) is 16.0. The Labute approximate surface area is 135 Å². The van der Waals surface area contributed by atoms with E-state index in [1.165, 1.54) is 29.7 Å². The average molecular weight is 331 g/mol. The highest BCUT2D eigenvalue weighted by Gasteiger charge is 2.21. The normalized spacial score (nSPS) is 14.9. The molecule has 4 rings (SSSR count). The highest BCUT2D eigenvalue weighted by molar-refractivity contribution is 7.15. The highest BCUT2D eigenvalue weighted by Crippen LogP contribution is 2.29. The summed E-state index contributed by atoms with van der Waals surface area (Å²) in [5.74, 6) is -0.881. The number of carbonyl (C=O) groups is 1. The van der Waals surface area contributed by atoms with Gasteiger partial charge in [-0.05, 0) is 25.2 Å². The number of amides is 1. The molecule has 1 N–H and O–H groups in total. The van der Waals surface area contributed by atoms with E-state index in [4.69, 9.17) is 4.42 Å². The third kappa shape index (κ3) is 2.62. The summed E-state index contributed by atoms with van der Waals surface area (Å²) in [7, 11) is 2.06. The second-order valence-corrected chi connectivity index (χ2v) is 6.71. The first-order chi connectivity index (χ1) is 11.1. The fourth-order valence-electron chi connectivity index (χ4n) is 2.76. The topological polar surface area (TPSA) is 58.4 Å². The lowest BCUT2D eigenvalue weighted by Gasteiger charge is -2.20. The molecular formula is C16H14FN3O2S. The van der Waals surface area contributed by atoms with Crippen molar-refractivity contribution in [1.29, 1.82) is 0 Å². The molecule has 5 nitrogen and oxygen atoms in total. The Bertz CT molecular complexity index is 902. The summed E-state index contributed by atoms with van der Waals surface area (Å²) in [6.07, 6.45) is 2.32. The summed E-state index contributed by atoms with van der Waals surface area (Å²) in [6.45, 7) is 1.80. The van der Waals surface area contributed by atoms with Gasteiger partial charge >= 0.3 is 0 Å². The smallest absolute Gasteiger partial charge is 0.261 e. The first kappa shape index (κ1) is 14.3. The van der Waals surface area contributed by atoms with E-state index in [1.807, 2.05) is 0 Å². The van der Waals surface area contributed by atoms with Crippen LogP contribution in [0.15, 0.2) is 28.9 Å². The van der Waals surface area contributed by atoms with E-state index in [9.17, 15) is 9.18 Å². The van der Waals surface area contributed by atoms with Crippen LogP contribution in [0.5, 0.6) is 0 Å². The molecule has 0 fully saturated rings. The van der Waals surface area contributed by atoms with Crippen molar-refractivity contribution in [3.8, 4) is 0 Å². The summed E-state index contributed by atoms with van der Waals surface area (Å²) in [5, 5.41) is 3.87. The molecule has 0 spiro atoms. The maximum absolute atomic E-state index is 13.7. The van der Waals surface area contributed by atoms with Crippen molar-refractivity contribution in [3.05, 3.63) is 46.4 Å². The molecule has 0 aliphatic carbocycles. The van der Waals surface area contributed by atoms with Crippen molar-refractivity contribution < 1.29 is 13.6 Å². The number of fused-ring (bicyclic) bond motifs is 2. The number of thiazole rings is 1. The minimum atomic E-state index is -0.468. The number of benzene rings is 1. The van der Waals surface area contributed by atoms with Crippen LogP contribution in [0.4, 0.5) is 9.52 Å². The van der Waals surface area contributed by atoms with Gasteiger partial charge in [0, 0.05) is 29.8 Å². The molecular weight excluding hydrogens is 317 g/mol. The first-order valence-corrected chi connectivity index (χ1v) is 8.07. The van der Waals surface area contributed by atoms with Gasteiger partial charge in [-0.3, -0.25) is 10.1 Å². The van der Waals surface area contributed by atoms with Gasteiger partial charge in [-0.1, -0.05) is 0 Å². The number of hydrogen-bond acceptors (Lipinski definition) is 5.